The van der Waals surface area contributed by atoms with Gasteiger partial charge >= 0.3 is 5.97 Å². The van der Waals surface area contributed by atoms with Gasteiger partial charge in [0.15, 0.2) is 10.8 Å². The van der Waals surface area contributed by atoms with Crippen LogP contribution < -0.4 is 4.74 Å². The fraction of sp³-hybridized carbons (Fsp3) is 0.429. The van der Waals surface area contributed by atoms with Crippen molar-refractivity contribution in [3.8, 4) is 10.8 Å². The zero-order chi connectivity index (χ0) is 19.9. The van der Waals surface area contributed by atoms with Gasteiger partial charge in [0, 0.05) is 37.6 Å². The van der Waals surface area contributed by atoms with Gasteiger partial charge in [-0.1, -0.05) is 12.1 Å². The Morgan fingerprint density at radius 2 is 1.96 bits per heavy atom. The Morgan fingerprint density at radius 1 is 1.25 bits per heavy atom. The molecule has 6 nitrogen and oxygen atoms in total. The number of nitrogens with zero attached hydrogens (tertiary/aromatic N) is 3. The third-order valence-corrected chi connectivity index (χ3v) is 6.15. The van der Waals surface area contributed by atoms with Crippen molar-refractivity contribution in [1.29, 1.82) is 0 Å². The molecule has 2 aromatic rings. The lowest BCUT2D eigenvalue weighted by Gasteiger charge is -2.38. The summed E-state index contributed by atoms with van der Waals surface area (Å²) in [6, 6.07) is 10.0. The molecule has 0 radical (unpaired) electrons. The summed E-state index contributed by atoms with van der Waals surface area (Å²) in [6.07, 6.45) is 0. The number of amidine groups is 1. The van der Waals surface area contributed by atoms with E-state index in [4.69, 9.17) is 9.73 Å². The van der Waals surface area contributed by atoms with Gasteiger partial charge in [0.05, 0.1) is 11.0 Å². The van der Waals surface area contributed by atoms with Crippen LogP contribution in [-0.2, 0) is 4.79 Å². The van der Waals surface area contributed by atoms with E-state index in [2.05, 4.69) is 22.8 Å². The Kier molecular flexibility index (Phi) is 4.89. The number of carboxylic acid groups (broad SMARTS) is 1. The molecule has 1 N–H and O–H groups in total. The number of fused-ring (bicyclic) bond motifs is 2. The molecule has 1 fully saturated rings. The summed E-state index contributed by atoms with van der Waals surface area (Å²) in [5.74, 6) is 0.971. The molecule has 0 atom stereocenters. The van der Waals surface area contributed by atoms with E-state index in [1.54, 1.807) is 25.2 Å². The van der Waals surface area contributed by atoms with E-state index < -0.39 is 11.4 Å². The first-order valence-corrected chi connectivity index (χ1v) is 10.3. The third kappa shape index (κ3) is 3.64. The summed E-state index contributed by atoms with van der Waals surface area (Å²) in [4.78, 5) is 22.1. The number of aliphatic imine (C=N–C) groups is 1. The third-order valence-electron chi connectivity index (χ3n) is 5.23. The smallest absolute Gasteiger partial charge is 0.310 e. The first-order valence-electron chi connectivity index (χ1n) is 9.50. The molecular weight excluding hydrogens is 374 g/mol. The average molecular weight is 400 g/mol. The number of carbonyl (C=O) groups is 1. The molecule has 148 valence electrons. The maximum Gasteiger partial charge on any atom is 0.310 e. The second-order valence-corrected chi connectivity index (χ2v) is 9.23. The van der Waals surface area contributed by atoms with E-state index >= 15 is 0 Å². The summed E-state index contributed by atoms with van der Waals surface area (Å²) in [5, 5.41) is 10.3. The number of hydrogen-bond acceptors (Lipinski definition) is 6. The molecule has 1 saturated heterocycles. The van der Waals surface area contributed by atoms with Crippen molar-refractivity contribution in [1.82, 2.24) is 9.80 Å². The Hall–Kier alpha value is -2.38. The van der Waals surface area contributed by atoms with Crippen molar-refractivity contribution in [3.05, 3.63) is 40.8 Å². The molecule has 3 heterocycles. The van der Waals surface area contributed by atoms with Crippen molar-refractivity contribution in [2.24, 2.45) is 10.4 Å². The molecule has 0 aliphatic carbocycles. The van der Waals surface area contributed by atoms with Crippen LogP contribution in [0.1, 0.15) is 24.3 Å². The molecule has 28 heavy (non-hydrogen) atoms. The van der Waals surface area contributed by atoms with Gasteiger partial charge in [-0.2, -0.15) is 0 Å². The van der Waals surface area contributed by atoms with Crippen LogP contribution in [0.15, 0.2) is 35.3 Å². The molecule has 2 aliphatic heterocycles. The van der Waals surface area contributed by atoms with Crippen molar-refractivity contribution in [2.45, 2.75) is 20.8 Å². The molecule has 7 heteroatoms. The minimum absolute atomic E-state index is 0.553. The molecule has 1 aromatic carbocycles. The lowest BCUT2D eigenvalue weighted by Crippen LogP contribution is -2.51. The molecular formula is C21H25N3O3S. The Morgan fingerprint density at radius 3 is 2.68 bits per heavy atom. The maximum atomic E-state index is 11.4. The van der Waals surface area contributed by atoms with Crippen LogP contribution in [0, 0.1) is 12.3 Å². The van der Waals surface area contributed by atoms with Gasteiger partial charge in [0.2, 0.25) is 0 Å². The zero-order valence-corrected chi connectivity index (χ0v) is 17.3. The Balaban J connectivity index is 1.57. The highest BCUT2D eigenvalue weighted by molar-refractivity contribution is 7.14. The lowest BCUT2D eigenvalue weighted by molar-refractivity contribution is -0.148. The predicted octanol–water partition coefficient (Wildman–Crippen LogP) is 3.97. The molecule has 1 aromatic heterocycles. The van der Waals surface area contributed by atoms with E-state index in [-0.39, 0.29) is 0 Å². The second-order valence-electron chi connectivity index (χ2n) is 8.02. The summed E-state index contributed by atoms with van der Waals surface area (Å²) in [5.41, 5.74) is 1.14. The van der Waals surface area contributed by atoms with Gasteiger partial charge in [0.25, 0.3) is 0 Å². The average Bonchev–Trinajstić information content (AvgIpc) is 2.94. The highest BCUT2D eigenvalue weighted by Gasteiger charge is 2.32. The molecule has 2 aliphatic rings. The van der Waals surface area contributed by atoms with Gasteiger partial charge in [-0.3, -0.25) is 9.69 Å². The topological polar surface area (TPSA) is 65.4 Å². The maximum absolute atomic E-state index is 11.4. The van der Waals surface area contributed by atoms with E-state index in [1.807, 2.05) is 24.3 Å². The van der Waals surface area contributed by atoms with Crippen LogP contribution >= 0.6 is 11.3 Å². The number of hydrogen-bond donors (Lipinski definition) is 1. The number of ether oxygens (including phenoxy) is 1. The fourth-order valence-corrected chi connectivity index (χ4v) is 4.48. The van der Waals surface area contributed by atoms with E-state index in [1.165, 1.54) is 4.88 Å². The van der Waals surface area contributed by atoms with Gasteiger partial charge < -0.3 is 14.7 Å². The lowest BCUT2D eigenvalue weighted by atomic mass is 9.93. The minimum Gasteiger partial charge on any atom is -0.481 e. The van der Waals surface area contributed by atoms with Crippen LogP contribution in [-0.4, -0.2) is 59.4 Å². The van der Waals surface area contributed by atoms with E-state index in [0.29, 0.717) is 6.54 Å². The van der Waals surface area contributed by atoms with Crippen LogP contribution in [0.25, 0.3) is 0 Å². The number of carboxylic acids is 1. The molecule has 0 saturated carbocycles. The molecule has 0 spiro atoms. The van der Waals surface area contributed by atoms with E-state index in [9.17, 15) is 9.90 Å². The van der Waals surface area contributed by atoms with Crippen molar-refractivity contribution >= 4 is 28.8 Å². The van der Waals surface area contributed by atoms with E-state index in [0.717, 1.165) is 54.1 Å². The number of thiophene rings is 1. The van der Waals surface area contributed by atoms with Crippen LogP contribution in [0.5, 0.6) is 10.8 Å². The molecule has 0 amide bonds. The molecule has 4 rings (SSSR count). The number of para-hydroxylation sites is 2. The van der Waals surface area contributed by atoms with Gasteiger partial charge in [0.1, 0.15) is 11.5 Å². The van der Waals surface area contributed by atoms with Gasteiger partial charge in [-0.25, -0.2) is 4.99 Å². The zero-order valence-electron chi connectivity index (χ0n) is 16.4. The standard InChI is InChI=1S/C21H25N3O3S/c1-14-12-15-18(22-16-6-4-5-7-17(16)27-19(15)28-14)24-10-8-23(9-11-24)13-21(2,3)20(25)26/h4-7,12H,8-11,13H2,1-3H3,(H,25,26). The number of aliphatic carboxylic acids is 1. The Labute approximate surface area is 169 Å². The largest absolute Gasteiger partial charge is 0.481 e. The summed E-state index contributed by atoms with van der Waals surface area (Å²) < 4.78 is 6.16. The minimum atomic E-state index is -0.754. The fourth-order valence-electron chi connectivity index (χ4n) is 3.62. The molecule has 0 bridgehead atoms. The quantitative estimate of drug-likeness (QED) is 0.846. The Bertz CT molecular complexity index is 927. The van der Waals surface area contributed by atoms with Crippen molar-refractivity contribution < 1.29 is 14.6 Å². The second kappa shape index (κ2) is 7.22. The SMILES string of the molecule is Cc1cc2c(s1)Oc1ccccc1N=C2N1CCN(CC(C)(C)C(=O)O)CC1. The predicted molar refractivity (Wildman–Crippen MR) is 111 cm³/mol. The van der Waals surface area contributed by atoms with Crippen LogP contribution in [0.3, 0.4) is 0 Å². The van der Waals surface area contributed by atoms with Crippen LogP contribution in [0.2, 0.25) is 0 Å². The molecule has 0 unspecified atom stereocenters. The number of aryl methyl sites for hydroxylation is 1. The van der Waals surface area contributed by atoms with Gasteiger partial charge in [-0.05, 0) is 39.0 Å². The monoisotopic (exact) mass is 399 g/mol. The highest BCUT2D eigenvalue weighted by Crippen LogP contribution is 2.42. The first-order chi connectivity index (χ1) is 13.3. The number of piperazine rings is 1. The van der Waals surface area contributed by atoms with Crippen LogP contribution in [0.4, 0.5) is 5.69 Å². The van der Waals surface area contributed by atoms with Gasteiger partial charge in [-0.15, -0.1) is 11.3 Å². The summed E-state index contributed by atoms with van der Waals surface area (Å²) in [7, 11) is 0. The summed E-state index contributed by atoms with van der Waals surface area (Å²) >= 11 is 1.64. The first kappa shape index (κ1) is 19.0. The van der Waals surface area contributed by atoms with Crippen molar-refractivity contribution in [2.75, 3.05) is 32.7 Å². The number of rotatable bonds is 3. The van der Waals surface area contributed by atoms with Crippen molar-refractivity contribution in [3.63, 3.8) is 0 Å². The highest BCUT2D eigenvalue weighted by atomic mass is 32.1. The summed E-state index contributed by atoms with van der Waals surface area (Å²) in [6.45, 7) is 9.45. The normalized spacial score (nSPS) is 17.2. The number of benzene rings is 1.